The summed E-state index contributed by atoms with van der Waals surface area (Å²) >= 11 is 0. The standard InChI is InChI=1S/C14H13N3O2/c1-19-12-2-3-13-10(8-12)9-14(18)17(13)16-11-4-6-15-7-5-11/h2-8H,9H2,1H3,(H,15,16). The summed E-state index contributed by atoms with van der Waals surface area (Å²) in [6, 6.07) is 9.25. The van der Waals surface area contributed by atoms with Crippen molar-refractivity contribution in [3.05, 3.63) is 48.3 Å². The smallest absolute Gasteiger partial charge is 0.250 e. The van der Waals surface area contributed by atoms with Gasteiger partial charge >= 0.3 is 0 Å². The summed E-state index contributed by atoms with van der Waals surface area (Å²) in [6.45, 7) is 0. The van der Waals surface area contributed by atoms with Gasteiger partial charge in [0.2, 0.25) is 5.91 Å². The number of carbonyl (C=O) groups excluding carboxylic acids is 1. The van der Waals surface area contributed by atoms with Crippen LogP contribution < -0.4 is 15.2 Å². The van der Waals surface area contributed by atoms with Crippen LogP contribution in [0.1, 0.15) is 5.56 Å². The molecule has 19 heavy (non-hydrogen) atoms. The number of nitrogens with one attached hydrogen (secondary N) is 1. The molecule has 0 saturated carbocycles. The Hall–Kier alpha value is -2.56. The van der Waals surface area contributed by atoms with Gasteiger partial charge in [-0.1, -0.05) is 0 Å². The monoisotopic (exact) mass is 255 g/mol. The van der Waals surface area contributed by atoms with Crippen molar-refractivity contribution in [1.29, 1.82) is 0 Å². The minimum Gasteiger partial charge on any atom is -0.497 e. The van der Waals surface area contributed by atoms with E-state index in [1.54, 1.807) is 24.5 Å². The van der Waals surface area contributed by atoms with Gasteiger partial charge in [0.25, 0.3) is 0 Å². The lowest BCUT2D eigenvalue weighted by molar-refractivity contribution is -0.117. The molecule has 5 heteroatoms. The lowest BCUT2D eigenvalue weighted by Gasteiger charge is -2.19. The van der Waals surface area contributed by atoms with Crippen LogP contribution in [-0.4, -0.2) is 18.0 Å². The zero-order valence-corrected chi connectivity index (χ0v) is 10.5. The molecule has 1 aliphatic rings. The lowest BCUT2D eigenvalue weighted by atomic mass is 10.1. The average Bonchev–Trinajstić information content (AvgIpc) is 2.75. The summed E-state index contributed by atoms with van der Waals surface area (Å²) in [5, 5.41) is 1.56. The number of hydrogen-bond acceptors (Lipinski definition) is 4. The highest BCUT2D eigenvalue weighted by atomic mass is 16.5. The van der Waals surface area contributed by atoms with Gasteiger partial charge in [-0.2, -0.15) is 0 Å². The van der Waals surface area contributed by atoms with Crippen LogP contribution in [0.25, 0.3) is 0 Å². The molecule has 5 nitrogen and oxygen atoms in total. The summed E-state index contributed by atoms with van der Waals surface area (Å²) in [5.74, 6) is 0.775. The summed E-state index contributed by atoms with van der Waals surface area (Å²) in [5.41, 5.74) is 5.74. The highest BCUT2D eigenvalue weighted by molar-refractivity contribution is 6.03. The molecule has 1 aliphatic heterocycles. The van der Waals surface area contributed by atoms with Crippen LogP contribution in [0.5, 0.6) is 5.75 Å². The van der Waals surface area contributed by atoms with Crippen molar-refractivity contribution in [3.63, 3.8) is 0 Å². The maximum absolute atomic E-state index is 12.0. The predicted octanol–water partition coefficient (Wildman–Crippen LogP) is 2.01. The van der Waals surface area contributed by atoms with Crippen LogP contribution >= 0.6 is 0 Å². The first-order valence-electron chi connectivity index (χ1n) is 5.94. The molecule has 0 aliphatic carbocycles. The Labute approximate surface area is 110 Å². The third kappa shape index (κ3) is 2.10. The number of fused-ring (bicyclic) bond motifs is 1. The number of ether oxygens (including phenoxy) is 1. The summed E-state index contributed by atoms with van der Waals surface area (Å²) in [4.78, 5) is 16.0. The van der Waals surface area contributed by atoms with E-state index in [0.717, 1.165) is 22.7 Å². The Morgan fingerprint density at radius 1 is 1.26 bits per heavy atom. The van der Waals surface area contributed by atoms with Gasteiger partial charge in [-0.25, -0.2) is 5.01 Å². The van der Waals surface area contributed by atoms with Crippen molar-refractivity contribution in [1.82, 2.24) is 4.98 Å². The Morgan fingerprint density at radius 2 is 2.05 bits per heavy atom. The number of pyridine rings is 1. The number of aromatic nitrogens is 1. The topological polar surface area (TPSA) is 54.5 Å². The van der Waals surface area contributed by atoms with E-state index in [2.05, 4.69) is 10.4 Å². The molecule has 3 rings (SSSR count). The van der Waals surface area contributed by atoms with Gasteiger partial charge in [0.05, 0.1) is 24.9 Å². The molecule has 0 bridgehead atoms. The molecule has 0 fully saturated rings. The summed E-state index contributed by atoms with van der Waals surface area (Å²) in [6.07, 6.45) is 3.74. The highest BCUT2D eigenvalue weighted by Crippen LogP contribution is 2.32. The molecular weight excluding hydrogens is 242 g/mol. The molecule has 1 aromatic carbocycles. The van der Waals surface area contributed by atoms with E-state index < -0.39 is 0 Å². The number of rotatable bonds is 3. The van der Waals surface area contributed by atoms with Crippen molar-refractivity contribution in [2.24, 2.45) is 0 Å². The van der Waals surface area contributed by atoms with Gasteiger partial charge in [0, 0.05) is 12.4 Å². The molecule has 1 amide bonds. The third-order valence-electron chi connectivity index (χ3n) is 3.04. The average molecular weight is 255 g/mol. The van der Waals surface area contributed by atoms with Gasteiger partial charge in [0.1, 0.15) is 5.75 Å². The van der Waals surface area contributed by atoms with Crippen molar-refractivity contribution < 1.29 is 9.53 Å². The number of anilines is 2. The van der Waals surface area contributed by atoms with Crippen LogP contribution in [0.4, 0.5) is 11.4 Å². The molecule has 0 saturated heterocycles. The van der Waals surface area contributed by atoms with Crippen molar-refractivity contribution >= 4 is 17.3 Å². The Kier molecular flexibility index (Phi) is 2.79. The Bertz CT molecular complexity index is 613. The first-order chi connectivity index (χ1) is 9.28. The summed E-state index contributed by atoms with van der Waals surface area (Å²) in [7, 11) is 1.62. The predicted molar refractivity (Wildman–Crippen MR) is 72.0 cm³/mol. The zero-order valence-electron chi connectivity index (χ0n) is 10.5. The van der Waals surface area contributed by atoms with Gasteiger partial charge in [-0.05, 0) is 35.9 Å². The van der Waals surface area contributed by atoms with E-state index in [1.165, 1.54) is 0 Å². The lowest BCUT2D eigenvalue weighted by Crippen LogP contribution is -2.32. The molecule has 96 valence electrons. The SMILES string of the molecule is COc1ccc2c(c1)CC(=O)N2Nc1ccncc1. The number of hydrazine groups is 1. The molecule has 0 spiro atoms. The van der Waals surface area contributed by atoms with Crippen LogP contribution in [-0.2, 0) is 11.2 Å². The number of amides is 1. The van der Waals surface area contributed by atoms with E-state index in [9.17, 15) is 4.79 Å². The maximum atomic E-state index is 12.0. The molecule has 0 unspecified atom stereocenters. The van der Waals surface area contributed by atoms with E-state index in [0.29, 0.717) is 6.42 Å². The van der Waals surface area contributed by atoms with E-state index in [-0.39, 0.29) is 5.91 Å². The van der Waals surface area contributed by atoms with Crippen LogP contribution in [0, 0.1) is 0 Å². The fourth-order valence-corrected chi connectivity index (χ4v) is 2.10. The Balaban J connectivity index is 1.90. The van der Waals surface area contributed by atoms with Crippen LogP contribution in [0.3, 0.4) is 0 Å². The second kappa shape index (κ2) is 4.61. The van der Waals surface area contributed by atoms with Crippen molar-refractivity contribution in [2.75, 3.05) is 17.5 Å². The minimum absolute atomic E-state index is 0.0139. The first kappa shape index (κ1) is 11.5. The molecule has 1 N–H and O–H groups in total. The third-order valence-corrected chi connectivity index (χ3v) is 3.04. The quantitative estimate of drug-likeness (QED) is 0.911. The number of hydrogen-bond donors (Lipinski definition) is 1. The maximum Gasteiger partial charge on any atom is 0.250 e. The first-order valence-corrected chi connectivity index (χ1v) is 5.94. The molecule has 2 aromatic rings. The van der Waals surface area contributed by atoms with Crippen LogP contribution in [0.15, 0.2) is 42.7 Å². The molecule has 2 heterocycles. The highest BCUT2D eigenvalue weighted by Gasteiger charge is 2.27. The van der Waals surface area contributed by atoms with E-state index >= 15 is 0 Å². The van der Waals surface area contributed by atoms with Gasteiger partial charge in [0.15, 0.2) is 0 Å². The molecule has 1 aromatic heterocycles. The number of methoxy groups -OCH3 is 1. The van der Waals surface area contributed by atoms with Crippen molar-refractivity contribution in [3.8, 4) is 5.75 Å². The second-order valence-corrected chi connectivity index (χ2v) is 4.25. The minimum atomic E-state index is 0.0139. The normalized spacial score (nSPS) is 13.3. The molecule has 0 atom stereocenters. The summed E-state index contributed by atoms with van der Waals surface area (Å²) < 4.78 is 5.17. The fraction of sp³-hybridized carbons (Fsp3) is 0.143. The van der Waals surface area contributed by atoms with Gasteiger partial charge in [-0.3, -0.25) is 15.2 Å². The number of benzene rings is 1. The van der Waals surface area contributed by atoms with E-state index in [4.69, 9.17) is 4.74 Å². The van der Waals surface area contributed by atoms with Crippen molar-refractivity contribution in [2.45, 2.75) is 6.42 Å². The molecular formula is C14H13N3O2. The second-order valence-electron chi connectivity index (χ2n) is 4.25. The number of nitrogens with zero attached hydrogens (tertiary/aromatic N) is 2. The largest absolute Gasteiger partial charge is 0.497 e. The van der Waals surface area contributed by atoms with Gasteiger partial charge in [-0.15, -0.1) is 0 Å². The number of carbonyl (C=O) groups is 1. The van der Waals surface area contributed by atoms with Crippen LogP contribution in [0.2, 0.25) is 0 Å². The Morgan fingerprint density at radius 3 is 2.79 bits per heavy atom. The fourth-order valence-electron chi connectivity index (χ4n) is 2.10. The molecule has 0 radical (unpaired) electrons. The van der Waals surface area contributed by atoms with Gasteiger partial charge < -0.3 is 4.74 Å². The zero-order chi connectivity index (χ0) is 13.2. The van der Waals surface area contributed by atoms with E-state index in [1.807, 2.05) is 30.3 Å².